The van der Waals surface area contributed by atoms with Crippen LogP contribution in [-0.2, 0) is 4.79 Å². The molecule has 2 aliphatic carbocycles. The average Bonchev–Trinajstić information content (AvgIpc) is 3.29. The number of carbonyl (C=O) groups is 1. The van der Waals surface area contributed by atoms with Crippen LogP contribution in [0, 0.1) is 17.8 Å². The van der Waals surface area contributed by atoms with E-state index in [0.29, 0.717) is 11.8 Å². The minimum Gasteiger partial charge on any atom is -0.273 e. The van der Waals surface area contributed by atoms with Crippen molar-refractivity contribution in [2.45, 2.75) is 38.5 Å². The second kappa shape index (κ2) is 9.14. The molecule has 0 heterocycles. The summed E-state index contributed by atoms with van der Waals surface area (Å²) in [5.74, 6) is 1.22. The zero-order chi connectivity index (χ0) is 17.5. The number of carbonyl (C=O) groups excluding carboxylic acids is 1. The van der Waals surface area contributed by atoms with Crippen LogP contribution in [0.4, 0.5) is 0 Å². The Hall–Kier alpha value is -1.68. The summed E-state index contributed by atoms with van der Waals surface area (Å²) < 4.78 is 0.972. The van der Waals surface area contributed by atoms with Crippen molar-refractivity contribution in [3.05, 3.63) is 58.6 Å². The molecule has 132 valence electrons. The van der Waals surface area contributed by atoms with Crippen LogP contribution in [0.5, 0.6) is 0 Å². The summed E-state index contributed by atoms with van der Waals surface area (Å²) in [6, 6.07) is 7.83. The topological polar surface area (TPSA) is 41.5 Å². The fourth-order valence-corrected chi connectivity index (χ4v) is 4.07. The van der Waals surface area contributed by atoms with E-state index in [4.69, 9.17) is 0 Å². The lowest BCUT2D eigenvalue weighted by Gasteiger charge is -2.00. The third-order valence-corrected chi connectivity index (χ3v) is 5.81. The van der Waals surface area contributed by atoms with Gasteiger partial charge in [0.2, 0.25) is 5.91 Å². The first kappa shape index (κ1) is 18.1. The lowest BCUT2D eigenvalue weighted by atomic mass is 10.1. The van der Waals surface area contributed by atoms with Crippen molar-refractivity contribution < 1.29 is 4.79 Å². The van der Waals surface area contributed by atoms with Gasteiger partial charge in [-0.3, -0.25) is 4.79 Å². The fraction of sp³-hybridized carbons (Fsp3) is 0.429. The van der Waals surface area contributed by atoms with E-state index in [-0.39, 0.29) is 11.8 Å². The molecule has 0 bridgehead atoms. The largest absolute Gasteiger partial charge is 0.273 e. The maximum atomic E-state index is 12.5. The Morgan fingerprint density at radius 3 is 2.24 bits per heavy atom. The lowest BCUT2D eigenvalue weighted by molar-refractivity contribution is -0.122. The molecule has 0 aromatic heterocycles. The quantitative estimate of drug-likeness (QED) is 0.421. The van der Waals surface area contributed by atoms with Crippen LogP contribution in [0.3, 0.4) is 0 Å². The Morgan fingerprint density at radius 2 is 1.60 bits per heavy atom. The molecule has 1 N–H and O–H groups in total. The van der Waals surface area contributed by atoms with Crippen molar-refractivity contribution in [3.63, 3.8) is 0 Å². The summed E-state index contributed by atoms with van der Waals surface area (Å²) in [6.07, 6.45) is 17.4. The van der Waals surface area contributed by atoms with E-state index in [2.05, 4.69) is 50.8 Å². The second-order valence-electron chi connectivity index (χ2n) is 6.78. The Labute approximate surface area is 158 Å². The second-order valence-corrected chi connectivity index (χ2v) is 7.64. The first-order valence-corrected chi connectivity index (χ1v) is 9.94. The van der Waals surface area contributed by atoms with Crippen LogP contribution in [0.1, 0.15) is 44.1 Å². The molecule has 1 fully saturated rings. The van der Waals surface area contributed by atoms with E-state index in [0.717, 1.165) is 48.6 Å². The molecule has 1 saturated carbocycles. The third-order valence-electron chi connectivity index (χ3n) is 5.08. The van der Waals surface area contributed by atoms with Gasteiger partial charge in [-0.25, -0.2) is 5.43 Å². The Balaban J connectivity index is 1.55. The molecule has 1 amide bonds. The van der Waals surface area contributed by atoms with E-state index in [1.54, 1.807) is 6.21 Å². The molecular weight excluding hydrogens is 376 g/mol. The number of halogens is 1. The van der Waals surface area contributed by atoms with Crippen molar-refractivity contribution in [2.24, 2.45) is 22.9 Å². The lowest BCUT2D eigenvalue weighted by Crippen LogP contribution is -2.21. The summed E-state index contributed by atoms with van der Waals surface area (Å²) in [5.41, 5.74) is 3.71. The molecule has 2 aliphatic rings. The standard InChI is InChI=1S/C21H25BrN2O/c22-19-14-10-9-11-16(19)15-23-24-21(25)20-17-12-7-5-3-1-2-4-6-8-13-18(17)20/h3-6,9-11,14-15,17-18,20H,1-2,7-8,12-13H2,(H,24,25). The van der Waals surface area contributed by atoms with Crippen molar-refractivity contribution in [1.29, 1.82) is 0 Å². The molecule has 0 radical (unpaired) electrons. The average molecular weight is 401 g/mol. The van der Waals surface area contributed by atoms with Gasteiger partial charge in [0.05, 0.1) is 6.21 Å². The predicted molar refractivity (Wildman–Crippen MR) is 106 cm³/mol. The number of amides is 1. The molecule has 2 atom stereocenters. The number of nitrogens with zero attached hydrogens (tertiary/aromatic N) is 1. The minimum absolute atomic E-state index is 0.0705. The maximum absolute atomic E-state index is 12.5. The number of rotatable bonds is 3. The SMILES string of the molecule is O=C(NN=Cc1ccccc1Br)C1C2CCC=CCCC=CCCC21. The number of hydrogen-bond acceptors (Lipinski definition) is 2. The van der Waals surface area contributed by atoms with Gasteiger partial charge >= 0.3 is 0 Å². The van der Waals surface area contributed by atoms with Gasteiger partial charge in [0.15, 0.2) is 0 Å². The normalized spacial score (nSPS) is 26.5. The van der Waals surface area contributed by atoms with Gasteiger partial charge in [0.1, 0.15) is 0 Å². The van der Waals surface area contributed by atoms with Crippen LogP contribution >= 0.6 is 15.9 Å². The molecule has 25 heavy (non-hydrogen) atoms. The highest BCUT2D eigenvalue weighted by Crippen LogP contribution is 2.52. The van der Waals surface area contributed by atoms with Crippen LogP contribution in [0.25, 0.3) is 0 Å². The molecule has 0 saturated heterocycles. The first-order chi connectivity index (χ1) is 12.3. The van der Waals surface area contributed by atoms with Gasteiger partial charge in [-0.05, 0) is 56.4 Å². The fourth-order valence-electron chi connectivity index (χ4n) is 3.68. The van der Waals surface area contributed by atoms with Crippen LogP contribution < -0.4 is 5.43 Å². The predicted octanol–water partition coefficient (Wildman–Crippen LogP) is 5.23. The van der Waals surface area contributed by atoms with Crippen molar-refractivity contribution in [2.75, 3.05) is 0 Å². The Morgan fingerprint density at radius 1 is 1.00 bits per heavy atom. The van der Waals surface area contributed by atoms with Crippen molar-refractivity contribution in [3.8, 4) is 0 Å². The summed E-state index contributed by atoms with van der Waals surface area (Å²) in [7, 11) is 0. The van der Waals surface area contributed by atoms with Crippen LogP contribution in [-0.4, -0.2) is 12.1 Å². The van der Waals surface area contributed by atoms with E-state index in [1.807, 2.05) is 24.3 Å². The zero-order valence-electron chi connectivity index (χ0n) is 14.4. The van der Waals surface area contributed by atoms with E-state index < -0.39 is 0 Å². The van der Waals surface area contributed by atoms with Gasteiger partial charge < -0.3 is 0 Å². The third kappa shape index (κ3) is 5.15. The van der Waals surface area contributed by atoms with Gasteiger partial charge in [-0.15, -0.1) is 0 Å². The molecule has 1 aromatic carbocycles. The summed E-state index contributed by atoms with van der Waals surface area (Å²) >= 11 is 3.48. The van der Waals surface area contributed by atoms with Gasteiger partial charge in [0.25, 0.3) is 0 Å². The molecule has 0 spiro atoms. The Bertz CT molecular complexity index is 656. The number of allylic oxidation sites excluding steroid dienone is 4. The highest BCUT2D eigenvalue weighted by atomic mass is 79.9. The van der Waals surface area contributed by atoms with Crippen molar-refractivity contribution >= 4 is 28.1 Å². The highest BCUT2D eigenvalue weighted by Gasteiger charge is 2.52. The number of nitrogens with one attached hydrogen (secondary N) is 1. The van der Waals surface area contributed by atoms with Gasteiger partial charge in [0, 0.05) is 16.0 Å². The minimum atomic E-state index is 0.0705. The van der Waals surface area contributed by atoms with Crippen LogP contribution in [0.15, 0.2) is 58.1 Å². The maximum Gasteiger partial charge on any atom is 0.243 e. The number of hydrazone groups is 1. The molecule has 2 unspecified atom stereocenters. The summed E-state index contributed by atoms with van der Waals surface area (Å²) in [5, 5.41) is 4.15. The number of benzene rings is 1. The smallest absolute Gasteiger partial charge is 0.243 e. The van der Waals surface area contributed by atoms with Crippen molar-refractivity contribution in [1.82, 2.24) is 5.43 Å². The highest BCUT2D eigenvalue weighted by molar-refractivity contribution is 9.10. The number of hydrogen-bond donors (Lipinski definition) is 1. The summed E-state index contributed by atoms with van der Waals surface area (Å²) in [6.45, 7) is 0. The first-order valence-electron chi connectivity index (χ1n) is 9.15. The molecule has 4 heteroatoms. The monoisotopic (exact) mass is 400 g/mol. The molecule has 0 aliphatic heterocycles. The van der Waals surface area contributed by atoms with E-state index in [1.165, 1.54) is 0 Å². The molecule has 3 nitrogen and oxygen atoms in total. The van der Waals surface area contributed by atoms with E-state index >= 15 is 0 Å². The molecular formula is C21H25BrN2O. The van der Waals surface area contributed by atoms with Gasteiger partial charge in [-0.2, -0.15) is 5.10 Å². The summed E-state index contributed by atoms with van der Waals surface area (Å²) in [4.78, 5) is 12.5. The van der Waals surface area contributed by atoms with E-state index in [9.17, 15) is 4.79 Å². The zero-order valence-corrected chi connectivity index (χ0v) is 16.0. The van der Waals surface area contributed by atoms with Crippen LogP contribution in [0.2, 0.25) is 0 Å². The molecule has 1 aromatic rings. The number of fused-ring (bicyclic) bond motifs is 1. The molecule has 3 rings (SSSR count). The Kier molecular flexibility index (Phi) is 6.62. The van der Waals surface area contributed by atoms with Gasteiger partial charge in [-0.1, -0.05) is 58.4 Å².